The Balaban J connectivity index is 2.26. The van der Waals surface area contributed by atoms with Crippen molar-refractivity contribution in [1.29, 1.82) is 0 Å². The summed E-state index contributed by atoms with van der Waals surface area (Å²) in [6.45, 7) is 4.48. The lowest BCUT2D eigenvalue weighted by Crippen LogP contribution is -2.26. The molecule has 0 bridgehead atoms. The zero-order valence-corrected chi connectivity index (χ0v) is 13.6. The summed E-state index contributed by atoms with van der Waals surface area (Å²) in [6.07, 6.45) is 3.90. The van der Waals surface area contributed by atoms with Gasteiger partial charge in [-0.3, -0.25) is 4.79 Å². The molecule has 1 unspecified atom stereocenters. The van der Waals surface area contributed by atoms with Crippen LogP contribution >= 0.6 is 23.1 Å². The fourth-order valence-electron chi connectivity index (χ4n) is 2.28. The molecule has 0 aromatic carbocycles. The first-order chi connectivity index (χ1) is 9.58. The average molecular weight is 314 g/mol. The zero-order valence-electron chi connectivity index (χ0n) is 11.9. The fraction of sp³-hybridized carbons (Fsp3) is 0.615. The van der Waals surface area contributed by atoms with Gasteiger partial charge in [-0.15, -0.1) is 23.1 Å². The molecule has 1 aromatic heterocycles. The third-order valence-corrected chi connectivity index (χ3v) is 5.56. The molecule has 2 rings (SSSR count). The molecule has 1 aliphatic heterocycles. The van der Waals surface area contributed by atoms with Gasteiger partial charge in [0, 0.05) is 25.7 Å². The Morgan fingerprint density at radius 1 is 1.60 bits per heavy atom. The molecular weight excluding hydrogens is 292 g/mol. The van der Waals surface area contributed by atoms with E-state index in [0.29, 0.717) is 17.1 Å². The number of nitrogens with two attached hydrogens (primary N) is 2. The second-order valence-corrected chi connectivity index (χ2v) is 6.75. The third-order valence-electron chi connectivity index (χ3n) is 3.34. The van der Waals surface area contributed by atoms with Gasteiger partial charge in [-0.25, -0.2) is 0 Å². The number of anilines is 2. The molecule has 0 spiro atoms. The molecule has 1 aliphatic rings. The number of thiophene rings is 1. The van der Waals surface area contributed by atoms with Gasteiger partial charge in [0.1, 0.15) is 9.88 Å². The highest BCUT2D eigenvalue weighted by Gasteiger charge is 2.27. The second-order valence-electron chi connectivity index (χ2n) is 4.93. The predicted octanol–water partition coefficient (Wildman–Crippen LogP) is 1.73. The molecule has 2 heterocycles. The minimum absolute atomic E-state index is 0.0700. The summed E-state index contributed by atoms with van der Waals surface area (Å²) in [5.74, 6) is -0.0700. The maximum absolute atomic E-state index is 12.2. The van der Waals surface area contributed by atoms with Crippen LogP contribution in [0.2, 0.25) is 0 Å². The number of nitrogens with one attached hydrogen (secondary N) is 1. The molecule has 1 atom stereocenters. The van der Waals surface area contributed by atoms with E-state index in [2.05, 4.69) is 10.2 Å². The number of carbonyl (C=O) groups is 1. The third kappa shape index (κ3) is 3.05. The minimum atomic E-state index is -0.0700. The summed E-state index contributed by atoms with van der Waals surface area (Å²) < 4.78 is 0. The van der Waals surface area contributed by atoms with Crippen molar-refractivity contribution in [3.8, 4) is 0 Å². The zero-order chi connectivity index (χ0) is 14.7. The molecule has 0 radical (unpaired) electrons. The summed E-state index contributed by atoms with van der Waals surface area (Å²) in [4.78, 5) is 16.0. The molecule has 0 aliphatic carbocycles. The van der Waals surface area contributed by atoms with Gasteiger partial charge in [0.25, 0.3) is 5.91 Å². The highest BCUT2D eigenvalue weighted by atomic mass is 32.2. The van der Waals surface area contributed by atoms with E-state index in [1.165, 1.54) is 11.3 Å². The Morgan fingerprint density at radius 3 is 2.90 bits per heavy atom. The van der Waals surface area contributed by atoms with E-state index in [9.17, 15) is 4.79 Å². The van der Waals surface area contributed by atoms with Crippen LogP contribution in [0.25, 0.3) is 0 Å². The van der Waals surface area contributed by atoms with E-state index < -0.39 is 0 Å². The van der Waals surface area contributed by atoms with E-state index in [-0.39, 0.29) is 11.9 Å². The monoisotopic (exact) mass is 314 g/mol. The standard InChI is InChI=1S/C13H22N4OS2/c1-3-5-16-12(18)10-9(15)11(19-2)13(20-10)17-6-4-8(14)7-17/h8H,3-7,14-15H2,1-2H3,(H,16,18). The van der Waals surface area contributed by atoms with Crippen LogP contribution < -0.4 is 21.7 Å². The van der Waals surface area contributed by atoms with Crippen molar-refractivity contribution in [3.05, 3.63) is 4.88 Å². The fourth-order valence-corrected chi connectivity index (χ4v) is 4.41. The summed E-state index contributed by atoms with van der Waals surface area (Å²) in [6, 6.07) is 0.213. The molecule has 7 heteroatoms. The van der Waals surface area contributed by atoms with Crippen molar-refractivity contribution >= 4 is 39.7 Å². The van der Waals surface area contributed by atoms with Crippen LogP contribution in [0.4, 0.5) is 10.7 Å². The number of thioether (sulfide) groups is 1. The number of amides is 1. The normalized spacial score (nSPS) is 18.6. The maximum atomic E-state index is 12.2. The number of nitrogen functional groups attached to an aromatic ring is 1. The number of hydrogen-bond acceptors (Lipinski definition) is 6. The Kier molecular flexibility index (Phi) is 5.17. The molecule has 20 heavy (non-hydrogen) atoms. The van der Waals surface area contributed by atoms with Gasteiger partial charge < -0.3 is 21.7 Å². The second kappa shape index (κ2) is 6.69. The average Bonchev–Trinajstić information content (AvgIpc) is 2.99. The first kappa shape index (κ1) is 15.5. The van der Waals surface area contributed by atoms with Gasteiger partial charge >= 0.3 is 0 Å². The topological polar surface area (TPSA) is 84.4 Å². The minimum Gasteiger partial charge on any atom is -0.396 e. The summed E-state index contributed by atoms with van der Waals surface area (Å²) in [7, 11) is 0. The largest absolute Gasteiger partial charge is 0.396 e. The number of carbonyl (C=O) groups excluding carboxylic acids is 1. The number of nitrogens with zero attached hydrogens (tertiary/aromatic N) is 1. The lowest BCUT2D eigenvalue weighted by atomic mass is 10.3. The van der Waals surface area contributed by atoms with Crippen LogP contribution in [0.15, 0.2) is 4.90 Å². The van der Waals surface area contributed by atoms with Crippen molar-refractivity contribution in [1.82, 2.24) is 5.32 Å². The number of rotatable bonds is 5. The Bertz CT molecular complexity index is 489. The van der Waals surface area contributed by atoms with Crippen molar-refractivity contribution in [3.63, 3.8) is 0 Å². The van der Waals surface area contributed by atoms with Crippen molar-refractivity contribution < 1.29 is 4.79 Å². The van der Waals surface area contributed by atoms with Gasteiger partial charge in [0.15, 0.2) is 0 Å². The van der Waals surface area contributed by atoms with E-state index in [4.69, 9.17) is 11.5 Å². The molecule has 112 valence electrons. The van der Waals surface area contributed by atoms with Gasteiger partial charge in [-0.05, 0) is 19.1 Å². The van der Waals surface area contributed by atoms with Crippen molar-refractivity contribution in [2.24, 2.45) is 5.73 Å². The van der Waals surface area contributed by atoms with Gasteiger partial charge in [0.2, 0.25) is 0 Å². The Labute approximate surface area is 128 Å². The maximum Gasteiger partial charge on any atom is 0.263 e. The lowest BCUT2D eigenvalue weighted by molar-refractivity contribution is 0.0958. The first-order valence-electron chi connectivity index (χ1n) is 6.83. The number of hydrogen-bond donors (Lipinski definition) is 3. The highest BCUT2D eigenvalue weighted by Crippen LogP contribution is 2.44. The van der Waals surface area contributed by atoms with Crippen LogP contribution in [-0.4, -0.2) is 37.8 Å². The highest BCUT2D eigenvalue weighted by molar-refractivity contribution is 7.99. The van der Waals surface area contributed by atoms with E-state index in [1.807, 2.05) is 13.2 Å². The van der Waals surface area contributed by atoms with Gasteiger partial charge in [-0.2, -0.15) is 0 Å². The van der Waals surface area contributed by atoms with Crippen LogP contribution in [0.3, 0.4) is 0 Å². The van der Waals surface area contributed by atoms with Crippen LogP contribution in [0.1, 0.15) is 29.4 Å². The van der Waals surface area contributed by atoms with Gasteiger partial charge in [0.05, 0.1) is 10.6 Å². The molecule has 5 N–H and O–H groups in total. The van der Waals surface area contributed by atoms with E-state index >= 15 is 0 Å². The smallest absolute Gasteiger partial charge is 0.263 e. The summed E-state index contributed by atoms with van der Waals surface area (Å²) in [5.41, 5.74) is 12.7. The van der Waals surface area contributed by atoms with Crippen molar-refractivity contribution in [2.75, 3.05) is 36.5 Å². The summed E-state index contributed by atoms with van der Waals surface area (Å²) >= 11 is 3.08. The summed E-state index contributed by atoms with van der Waals surface area (Å²) in [5, 5.41) is 3.98. The van der Waals surface area contributed by atoms with E-state index in [1.54, 1.807) is 11.8 Å². The molecular formula is C13H22N4OS2. The first-order valence-corrected chi connectivity index (χ1v) is 8.87. The van der Waals surface area contributed by atoms with Crippen LogP contribution in [0.5, 0.6) is 0 Å². The predicted molar refractivity (Wildman–Crippen MR) is 87.9 cm³/mol. The molecule has 0 saturated carbocycles. The molecule has 1 amide bonds. The van der Waals surface area contributed by atoms with E-state index in [0.717, 1.165) is 35.8 Å². The van der Waals surface area contributed by atoms with Gasteiger partial charge in [-0.1, -0.05) is 6.92 Å². The van der Waals surface area contributed by atoms with Crippen LogP contribution in [0, 0.1) is 0 Å². The molecule has 1 aromatic rings. The molecule has 1 saturated heterocycles. The van der Waals surface area contributed by atoms with Crippen molar-refractivity contribution in [2.45, 2.75) is 30.7 Å². The lowest BCUT2D eigenvalue weighted by Gasteiger charge is -2.17. The van der Waals surface area contributed by atoms with Crippen LogP contribution in [-0.2, 0) is 0 Å². The SMILES string of the molecule is CCCNC(=O)c1sc(N2CCC(N)C2)c(SC)c1N. The Morgan fingerprint density at radius 2 is 2.35 bits per heavy atom. The Hall–Kier alpha value is -0.920. The molecule has 5 nitrogen and oxygen atoms in total. The molecule has 1 fully saturated rings. The quantitative estimate of drug-likeness (QED) is 0.721.